The molecule has 1 rings (SSSR count). The maximum absolute atomic E-state index is 9.88. The second kappa shape index (κ2) is 6.46. The molecule has 0 saturated heterocycles. The predicted molar refractivity (Wildman–Crippen MR) is 68.6 cm³/mol. The Labute approximate surface area is 98.0 Å². The topological polar surface area (TPSA) is 32.3 Å². The maximum Gasteiger partial charge on any atom is 0.0914 e. The summed E-state index contributed by atoms with van der Waals surface area (Å²) in [5.74, 6) is 0.532. The summed E-state index contributed by atoms with van der Waals surface area (Å²) in [5.41, 5.74) is 2.26. The van der Waals surface area contributed by atoms with Gasteiger partial charge in [-0.15, -0.1) is 6.58 Å². The van der Waals surface area contributed by atoms with Crippen molar-refractivity contribution in [1.82, 2.24) is 5.32 Å². The van der Waals surface area contributed by atoms with E-state index in [0.29, 0.717) is 12.5 Å². The largest absolute Gasteiger partial charge is 0.387 e. The molecule has 0 radical (unpaired) electrons. The van der Waals surface area contributed by atoms with Crippen LogP contribution >= 0.6 is 0 Å². The van der Waals surface area contributed by atoms with Crippen LogP contribution in [0.15, 0.2) is 36.9 Å². The number of aliphatic hydroxyl groups is 1. The van der Waals surface area contributed by atoms with Gasteiger partial charge in [0.25, 0.3) is 0 Å². The van der Waals surface area contributed by atoms with E-state index in [2.05, 4.69) is 37.9 Å². The molecule has 0 aliphatic rings. The van der Waals surface area contributed by atoms with Crippen LogP contribution in [0.25, 0.3) is 0 Å². The zero-order valence-corrected chi connectivity index (χ0v) is 10.1. The lowest BCUT2D eigenvalue weighted by molar-refractivity contribution is 0.176. The summed E-state index contributed by atoms with van der Waals surface area (Å²) >= 11 is 0. The van der Waals surface area contributed by atoms with Gasteiger partial charge >= 0.3 is 0 Å². The summed E-state index contributed by atoms with van der Waals surface area (Å²) in [6.07, 6.45) is 1.34. The summed E-state index contributed by atoms with van der Waals surface area (Å²) in [5, 5.41) is 13.0. The van der Waals surface area contributed by atoms with E-state index in [1.807, 2.05) is 12.1 Å². The number of nitrogens with one attached hydrogen (secondary N) is 1. The first-order chi connectivity index (χ1) is 7.65. The molecule has 1 aromatic rings. The molecule has 0 spiro atoms. The minimum atomic E-state index is -0.443. The molecule has 1 aromatic carbocycles. The van der Waals surface area contributed by atoms with Crippen molar-refractivity contribution >= 4 is 0 Å². The van der Waals surface area contributed by atoms with Crippen molar-refractivity contribution in [3.8, 4) is 0 Å². The second-order valence-electron chi connectivity index (χ2n) is 4.28. The van der Waals surface area contributed by atoms with Crippen LogP contribution in [0.5, 0.6) is 0 Å². The molecule has 0 bridgehead atoms. The maximum atomic E-state index is 9.88. The first-order valence-electron chi connectivity index (χ1n) is 5.74. The Morgan fingerprint density at radius 3 is 2.31 bits per heavy atom. The van der Waals surface area contributed by atoms with E-state index < -0.39 is 6.10 Å². The van der Waals surface area contributed by atoms with Crippen molar-refractivity contribution in [1.29, 1.82) is 0 Å². The monoisotopic (exact) mass is 219 g/mol. The SMILES string of the molecule is C=CCNCC(O)c1ccc(C(C)C)cc1. The molecule has 2 heteroatoms. The molecule has 16 heavy (non-hydrogen) atoms. The van der Waals surface area contributed by atoms with E-state index in [-0.39, 0.29) is 0 Å². The molecule has 0 fully saturated rings. The highest BCUT2D eigenvalue weighted by Crippen LogP contribution is 2.18. The fourth-order valence-electron chi connectivity index (χ4n) is 1.54. The van der Waals surface area contributed by atoms with Gasteiger partial charge in [0.1, 0.15) is 0 Å². The average Bonchev–Trinajstić information content (AvgIpc) is 2.29. The van der Waals surface area contributed by atoms with Crippen molar-refractivity contribution in [2.75, 3.05) is 13.1 Å². The molecular formula is C14H21NO. The minimum absolute atomic E-state index is 0.443. The van der Waals surface area contributed by atoms with Crippen LogP contribution in [0.1, 0.15) is 37.0 Å². The lowest BCUT2D eigenvalue weighted by Gasteiger charge is -2.13. The zero-order valence-electron chi connectivity index (χ0n) is 10.1. The summed E-state index contributed by atoms with van der Waals surface area (Å²) in [4.78, 5) is 0. The molecule has 0 aromatic heterocycles. The van der Waals surface area contributed by atoms with Crippen LogP contribution in [-0.4, -0.2) is 18.2 Å². The fraction of sp³-hybridized carbons (Fsp3) is 0.429. The first-order valence-corrected chi connectivity index (χ1v) is 5.74. The van der Waals surface area contributed by atoms with Crippen molar-refractivity contribution in [3.05, 3.63) is 48.0 Å². The lowest BCUT2D eigenvalue weighted by atomic mass is 10.00. The minimum Gasteiger partial charge on any atom is -0.387 e. The third kappa shape index (κ3) is 3.80. The Balaban J connectivity index is 2.55. The van der Waals surface area contributed by atoms with E-state index in [4.69, 9.17) is 0 Å². The van der Waals surface area contributed by atoms with Gasteiger partial charge in [0.05, 0.1) is 6.10 Å². The van der Waals surface area contributed by atoms with Crippen LogP contribution in [-0.2, 0) is 0 Å². The standard InChI is InChI=1S/C14H21NO/c1-4-9-15-10-14(16)13-7-5-12(6-8-13)11(2)3/h4-8,11,14-16H,1,9-10H2,2-3H3. The van der Waals surface area contributed by atoms with E-state index >= 15 is 0 Å². The zero-order chi connectivity index (χ0) is 12.0. The molecule has 0 amide bonds. The molecule has 0 saturated carbocycles. The molecule has 0 aliphatic carbocycles. The number of rotatable bonds is 6. The number of hydrogen-bond acceptors (Lipinski definition) is 2. The highest BCUT2D eigenvalue weighted by molar-refractivity contribution is 5.26. The first kappa shape index (κ1) is 12.9. The van der Waals surface area contributed by atoms with Crippen molar-refractivity contribution in [2.24, 2.45) is 0 Å². The highest BCUT2D eigenvalue weighted by Gasteiger charge is 2.06. The van der Waals surface area contributed by atoms with Gasteiger partial charge < -0.3 is 10.4 Å². The van der Waals surface area contributed by atoms with Crippen LogP contribution in [0.2, 0.25) is 0 Å². The molecule has 2 N–H and O–H groups in total. The third-order valence-electron chi connectivity index (χ3n) is 2.61. The summed E-state index contributed by atoms with van der Waals surface area (Å²) in [7, 11) is 0. The summed E-state index contributed by atoms with van der Waals surface area (Å²) < 4.78 is 0. The Bertz CT molecular complexity index is 316. The van der Waals surface area contributed by atoms with E-state index in [1.165, 1.54) is 5.56 Å². The van der Waals surface area contributed by atoms with Gasteiger partial charge in [0, 0.05) is 13.1 Å². The molecule has 1 unspecified atom stereocenters. The summed E-state index contributed by atoms with van der Waals surface area (Å²) in [6.45, 7) is 9.23. The number of aliphatic hydroxyl groups excluding tert-OH is 1. The van der Waals surface area contributed by atoms with Gasteiger partial charge in [0.2, 0.25) is 0 Å². The number of benzene rings is 1. The van der Waals surface area contributed by atoms with Gasteiger partial charge in [-0.1, -0.05) is 44.2 Å². The van der Waals surface area contributed by atoms with Crippen molar-refractivity contribution in [3.63, 3.8) is 0 Å². The molecule has 1 atom stereocenters. The second-order valence-corrected chi connectivity index (χ2v) is 4.28. The predicted octanol–water partition coefficient (Wildman–Crippen LogP) is 2.62. The van der Waals surface area contributed by atoms with Gasteiger partial charge in [-0.3, -0.25) is 0 Å². The third-order valence-corrected chi connectivity index (χ3v) is 2.61. The molecule has 0 heterocycles. The smallest absolute Gasteiger partial charge is 0.0914 e. The van der Waals surface area contributed by atoms with Gasteiger partial charge in [-0.2, -0.15) is 0 Å². The van der Waals surface area contributed by atoms with Crippen molar-refractivity contribution in [2.45, 2.75) is 25.9 Å². The molecule has 0 aliphatic heterocycles. The van der Waals surface area contributed by atoms with E-state index in [9.17, 15) is 5.11 Å². The quantitative estimate of drug-likeness (QED) is 0.569. The fourth-order valence-corrected chi connectivity index (χ4v) is 1.54. The molecule has 2 nitrogen and oxygen atoms in total. The highest BCUT2D eigenvalue weighted by atomic mass is 16.3. The number of hydrogen-bond donors (Lipinski definition) is 2. The van der Waals surface area contributed by atoms with E-state index in [1.54, 1.807) is 6.08 Å². The van der Waals surface area contributed by atoms with Crippen LogP contribution in [0.3, 0.4) is 0 Å². The Kier molecular flexibility index (Phi) is 5.23. The van der Waals surface area contributed by atoms with E-state index in [0.717, 1.165) is 12.1 Å². The Morgan fingerprint density at radius 1 is 1.25 bits per heavy atom. The van der Waals surface area contributed by atoms with Crippen LogP contribution in [0.4, 0.5) is 0 Å². The molecule has 88 valence electrons. The lowest BCUT2D eigenvalue weighted by Crippen LogP contribution is -2.21. The van der Waals surface area contributed by atoms with Crippen molar-refractivity contribution < 1.29 is 5.11 Å². The molecular weight excluding hydrogens is 198 g/mol. The van der Waals surface area contributed by atoms with Gasteiger partial charge in [-0.25, -0.2) is 0 Å². The van der Waals surface area contributed by atoms with Gasteiger partial charge in [-0.05, 0) is 17.0 Å². The van der Waals surface area contributed by atoms with Gasteiger partial charge in [0.15, 0.2) is 0 Å². The Morgan fingerprint density at radius 2 is 1.81 bits per heavy atom. The normalized spacial score (nSPS) is 12.8. The van der Waals surface area contributed by atoms with Crippen LogP contribution < -0.4 is 5.32 Å². The Hall–Kier alpha value is -1.12. The van der Waals surface area contributed by atoms with Crippen LogP contribution in [0, 0.1) is 0 Å². The average molecular weight is 219 g/mol. The summed E-state index contributed by atoms with van der Waals surface area (Å²) in [6, 6.07) is 8.15.